The molecule has 4 heteroatoms. The zero-order valence-corrected chi connectivity index (χ0v) is 13.4. The van der Waals surface area contributed by atoms with Crippen molar-refractivity contribution in [1.82, 2.24) is 5.32 Å². The van der Waals surface area contributed by atoms with E-state index in [0.717, 1.165) is 4.47 Å². The molecule has 1 aromatic carbocycles. The maximum Gasteiger partial charge on any atom is 0.251 e. The van der Waals surface area contributed by atoms with Crippen LogP contribution in [0.3, 0.4) is 0 Å². The Kier molecular flexibility index (Phi) is 3.52. The van der Waals surface area contributed by atoms with Crippen LogP contribution < -0.4 is 11.1 Å². The molecule has 0 aromatic heterocycles. The van der Waals surface area contributed by atoms with Crippen molar-refractivity contribution in [3.63, 3.8) is 0 Å². The Balaban J connectivity index is 2.13. The lowest BCUT2D eigenvalue weighted by molar-refractivity contribution is -0.0663. The van der Waals surface area contributed by atoms with E-state index in [-0.39, 0.29) is 28.8 Å². The average molecular weight is 325 g/mol. The van der Waals surface area contributed by atoms with Gasteiger partial charge in [0.25, 0.3) is 5.91 Å². The fourth-order valence-corrected chi connectivity index (χ4v) is 3.63. The molecule has 1 aliphatic rings. The lowest BCUT2D eigenvalue weighted by atomic mass is 9.48. The molecule has 1 saturated carbocycles. The molecule has 1 aliphatic carbocycles. The monoisotopic (exact) mass is 324 g/mol. The fraction of sp³-hybridized carbons (Fsp3) is 0.533. The van der Waals surface area contributed by atoms with Crippen LogP contribution in [-0.4, -0.2) is 18.0 Å². The van der Waals surface area contributed by atoms with Crippen molar-refractivity contribution in [1.29, 1.82) is 0 Å². The molecule has 0 radical (unpaired) electrons. The Bertz CT molecular complexity index is 477. The summed E-state index contributed by atoms with van der Waals surface area (Å²) >= 11 is 3.37. The van der Waals surface area contributed by atoms with Gasteiger partial charge in [0.15, 0.2) is 0 Å². The molecule has 0 saturated heterocycles. The third-order valence-corrected chi connectivity index (χ3v) is 5.00. The number of halogens is 1. The third-order valence-electron chi connectivity index (χ3n) is 4.47. The molecule has 0 atom stereocenters. The number of hydrogen-bond acceptors (Lipinski definition) is 2. The van der Waals surface area contributed by atoms with E-state index in [1.54, 1.807) is 0 Å². The standard InChI is InChI=1S/C15H21BrN2O/c1-14(2)12(17)15(3,4)13(14)18-11(19)9-5-7-10(16)8-6-9/h5-8,12-13H,17H2,1-4H3,(H,18,19). The van der Waals surface area contributed by atoms with Crippen LogP contribution in [0.2, 0.25) is 0 Å². The van der Waals surface area contributed by atoms with Crippen molar-refractivity contribution in [2.45, 2.75) is 39.8 Å². The van der Waals surface area contributed by atoms with Crippen LogP contribution in [0.4, 0.5) is 0 Å². The first-order valence-electron chi connectivity index (χ1n) is 6.49. The number of nitrogens with one attached hydrogen (secondary N) is 1. The summed E-state index contributed by atoms with van der Waals surface area (Å²) < 4.78 is 0.968. The quantitative estimate of drug-likeness (QED) is 0.878. The Morgan fingerprint density at radius 2 is 1.63 bits per heavy atom. The SMILES string of the molecule is CC1(C)C(N)C(C)(C)C1NC(=O)c1ccc(Br)cc1. The second kappa shape index (κ2) is 4.60. The number of nitrogens with two attached hydrogens (primary N) is 1. The zero-order valence-electron chi connectivity index (χ0n) is 11.8. The molecule has 0 spiro atoms. The molecule has 1 fully saturated rings. The van der Waals surface area contributed by atoms with Gasteiger partial charge in [-0.15, -0.1) is 0 Å². The first-order valence-corrected chi connectivity index (χ1v) is 7.28. The highest BCUT2D eigenvalue weighted by Crippen LogP contribution is 2.52. The largest absolute Gasteiger partial charge is 0.348 e. The number of rotatable bonds is 2. The Morgan fingerprint density at radius 3 is 2.11 bits per heavy atom. The molecule has 0 unspecified atom stereocenters. The van der Waals surface area contributed by atoms with Crippen molar-refractivity contribution in [3.05, 3.63) is 34.3 Å². The van der Waals surface area contributed by atoms with Crippen LogP contribution in [-0.2, 0) is 0 Å². The highest BCUT2D eigenvalue weighted by Gasteiger charge is 2.60. The minimum atomic E-state index is -0.0749. The predicted octanol–water partition coefficient (Wildman–Crippen LogP) is 2.94. The molecule has 3 N–H and O–H groups in total. The highest BCUT2D eigenvalue weighted by atomic mass is 79.9. The molecule has 1 aromatic rings. The van der Waals surface area contributed by atoms with Gasteiger partial charge < -0.3 is 11.1 Å². The van der Waals surface area contributed by atoms with Crippen LogP contribution in [0.5, 0.6) is 0 Å². The summed E-state index contributed by atoms with van der Waals surface area (Å²) in [6, 6.07) is 7.56. The molecular formula is C15H21BrN2O. The topological polar surface area (TPSA) is 55.1 Å². The normalized spacial score (nSPS) is 27.5. The Morgan fingerprint density at radius 1 is 1.16 bits per heavy atom. The number of carbonyl (C=O) groups excluding carboxylic acids is 1. The summed E-state index contributed by atoms with van der Waals surface area (Å²) in [4.78, 5) is 12.3. The molecule has 1 amide bonds. The van der Waals surface area contributed by atoms with Gasteiger partial charge in [0.2, 0.25) is 0 Å². The lowest BCUT2D eigenvalue weighted by Crippen LogP contribution is -2.76. The van der Waals surface area contributed by atoms with Crippen molar-refractivity contribution in [3.8, 4) is 0 Å². The van der Waals surface area contributed by atoms with E-state index in [9.17, 15) is 4.79 Å². The van der Waals surface area contributed by atoms with Crippen molar-refractivity contribution in [2.24, 2.45) is 16.6 Å². The highest BCUT2D eigenvalue weighted by molar-refractivity contribution is 9.10. The predicted molar refractivity (Wildman–Crippen MR) is 80.9 cm³/mol. The second-order valence-corrected chi connectivity index (χ2v) is 7.45. The molecule has 104 valence electrons. The molecule has 19 heavy (non-hydrogen) atoms. The third kappa shape index (κ3) is 2.32. The van der Waals surface area contributed by atoms with Gasteiger partial charge in [0.1, 0.15) is 0 Å². The summed E-state index contributed by atoms with van der Waals surface area (Å²) in [7, 11) is 0. The van der Waals surface area contributed by atoms with E-state index >= 15 is 0 Å². The average Bonchev–Trinajstić information content (AvgIpc) is 2.35. The summed E-state index contributed by atoms with van der Waals surface area (Å²) in [5, 5.41) is 3.13. The van der Waals surface area contributed by atoms with E-state index in [2.05, 4.69) is 48.9 Å². The van der Waals surface area contributed by atoms with Gasteiger partial charge in [0.05, 0.1) is 0 Å². The van der Waals surface area contributed by atoms with Crippen LogP contribution >= 0.6 is 15.9 Å². The second-order valence-electron chi connectivity index (χ2n) is 6.53. The minimum absolute atomic E-state index is 0.0365. The van der Waals surface area contributed by atoms with Gasteiger partial charge in [-0.05, 0) is 24.3 Å². The van der Waals surface area contributed by atoms with Gasteiger partial charge in [-0.2, -0.15) is 0 Å². The first kappa shape index (κ1) is 14.5. The molecule has 0 heterocycles. The first-order chi connectivity index (χ1) is 8.67. The molecule has 3 nitrogen and oxygen atoms in total. The number of carbonyl (C=O) groups is 1. The summed E-state index contributed by atoms with van der Waals surface area (Å²) in [6.07, 6.45) is 0. The van der Waals surface area contributed by atoms with E-state index in [1.165, 1.54) is 0 Å². The van der Waals surface area contributed by atoms with Gasteiger partial charge in [-0.3, -0.25) is 4.79 Å². The molecule has 2 rings (SSSR count). The smallest absolute Gasteiger partial charge is 0.251 e. The van der Waals surface area contributed by atoms with E-state index in [4.69, 9.17) is 5.73 Å². The lowest BCUT2D eigenvalue weighted by Gasteiger charge is -2.62. The minimum Gasteiger partial charge on any atom is -0.348 e. The Hall–Kier alpha value is -0.870. The fourth-order valence-electron chi connectivity index (χ4n) is 3.37. The van der Waals surface area contributed by atoms with Gasteiger partial charge in [0, 0.05) is 32.9 Å². The zero-order chi connectivity index (χ0) is 14.4. The maximum atomic E-state index is 12.3. The molecule has 0 bridgehead atoms. The maximum absolute atomic E-state index is 12.3. The van der Waals surface area contributed by atoms with E-state index < -0.39 is 0 Å². The van der Waals surface area contributed by atoms with Crippen LogP contribution in [0.25, 0.3) is 0 Å². The summed E-state index contributed by atoms with van der Waals surface area (Å²) in [5.41, 5.74) is 6.73. The van der Waals surface area contributed by atoms with Gasteiger partial charge >= 0.3 is 0 Å². The van der Waals surface area contributed by atoms with E-state index in [0.29, 0.717) is 5.56 Å². The van der Waals surface area contributed by atoms with Gasteiger partial charge in [-0.25, -0.2) is 0 Å². The number of hydrogen-bond donors (Lipinski definition) is 2. The van der Waals surface area contributed by atoms with Crippen LogP contribution in [0.1, 0.15) is 38.1 Å². The van der Waals surface area contributed by atoms with Gasteiger partial charge in [-0.1, -0.05) is 43.6 Å². The molecule has 0 aliphatic heterocycles. The summed E-state index contributed by atoms with van der Waals surface area (Å²) in [5.74, 6) is -0.0365. The van der Waals surface area contributed by atoms with Crippen molar-refractivity contribution < 1.29 is 4.79 Å². The number of amides is 1. The van der Waals surface area contributed by atoms with Crippen LogP contribution in [0, 0.1) is 10.8 Å². The number of benzene rings is 1. The van der Waals surface area contributed by atoms with E-state index in [1.807, 2.05) is 24.3 Å². The molecular weight excluding hydrogens is 304 g/mol. The van der Waals surface area contributed by atoms with Crippen molar-refractivity contribution in [2.75, 3.05) is 0 Å². The summed E-state index contributed by atoms with van der Waals surface area (Å²) in [6.45, 7) is 8.43. The Labute approximate surface area is 123 Å². The van der Waals surface area contributed by atoms with Crippen LogP contribution in [0.15, 0.2) is 28.7 Å². The van der Waals surface area contributed by atoms with Crippen molar-refractivity contribution >= 4 is 21.8 Å².